The second kappa shape index (κ2) is 12.5. The lowest BCUT2D eigenvalue weighted by Crippen LogP contribution is -2.68. The SMILES string of the molecule is C=CC(=C)CC[C@]1(C)[C@H]2C[C@H](OC(=O)CC(C)C)C=C3[C@H](OC(C)=O)O[C@H](OC(C)=O)[C@]32[C@H](O)[C@H](OC(C)=O)[C@@H]1C. The second-order valence-electron chi connectivity index (χ2n) is 12.2. The molecule has 0 amide bonds. The van der Waals surface area contributed by atoms with Gasteiger partial charge in [-0.3, -0.25) is 23.9 Å². The first-order valence-corrected chi connectivity index (χ1v) is 14.1. The number of carbonyl (C=O) groups is 4. The van der Waals surface area contributed by atoms with Crippen molar-refractivity contribution < 1.29 is 48.0 Å². The number of aliphatic hydroxyl groups excluding tert-OH is 1. The minimum Gasteiger partial charge on any atom is -0.459 e. The molecule has 2 fully saturated rings. The number of ether oxygens (including phenoxy) is 5. The van der Waals surface area contributed by atoms with Crippen molar-refractivity contribution in [2.75, 3.05) is 0 Å². The summed E-state index contributed by atoms with van der Waals surface area (Å²) in [4.78, 5) is 49.6. The van der Waals surface area contributed by atoms with Crippen LogP contribution in [-0.2, 0) is 42.9 Å². The van der Waals surface area contributed by atoms with Crippen molar-refractivity contribution in [3.8, 4) is 0 Å². The fraction of sp³-hybridized carbons (Fsp3) is 0.677. The van der Waals surface area contributed by atoms with Crippen LogP contribution in [0.3, 0.4) is 0 Å². The zero-order valence-electron chi connectivity index (χ0n) is 25.1. The zero-order valence-corrected chi connectivity index (χ0v) is 25.1. The van der Waals surface area contributed by atoms with E-state index in [2.05, 4.69) is 13.2 Å². The molecule has 3 aliphatic rings. The summed E-state index contributed by atoms with van der Waals surface area (Å²) in [6.45, 7) is 19.3. The van der Waals surface area contributed by atoms with Gasteiger partial charge in [-0.15, -0.1) is 0 Å². The van der Waals surface area contributed by atoms with Crippen LogP contribution in [0.4, 0.5) is 0 Å². The van der Waals surface area contributed by atoms with Crippen LogP contribution in [0.5, 0.6) is 0 Å². The van der Waals surface area contributed by atoms with Gasteiger partial charge in [0.05, 0.1) is 5.41 Å². The highest BCUT2D eigenvalue weighted by atomic mass is 16.8. The highest BCUT2D eigenvalue weighted by molar-refractivity contribution is 5.70. The monoisotopic (exact) mass is 576 g/mol. The Morgan fingerprint density at radius 2 is 1.71 bits per heavy atom. The molecule has 0 radical (unpaired) electrons. The molecular formula is C31H44O10. The van der Waals surface area contributed by atoms with E-state index >= 15 is 0 Å². The Kier molecular flexibility index (Phi) is 9.91. The van der Waals surface area contributed by atoms with Crippen LogP contribution in [-0.4, -0.2) is 59.9 Å². The van der Waals surface area contributed by atoms with E-state index in [9.17, 15) is 24.3 Å². The molecule has 9 atom stereocenters. The number of allylic oxidation sites excluding steroid dienone is 2. The van der Waals surface area contributed by atoms with Crippen LogP contribution >= 0.6 is 0 Å². The van der Waals surface area contributed by atoms with E-state index in [1.54, 1.807) is 12.2 Å². The molecule has 10 nitrogen and oxygen atoms in total. The van der Waals surface area contributed by atoms with Crippen molar-refractivity contribution in [2.24, 2.45) is 28.6 Å². The molecule has 1 saturated heterocycles. The van der Waals surface area contributed by atoms with E-state index < -0.39 is 77.4 Å². The van der Waals surface area contributed by atoms with Gasteiger partial charge in [0.1, 0.15) is 18.3 Å². The lowest BCUT2D eigenvalue weighted by atomic mass is 9.44. The predicted octanol–water partition coefficient (Wildman–Crippen LogP) is 4.16. The quantitative estimate of drug-likeness (QED) is 0.175. The Morgan fingerprint density at radius 3 is 2.24 bits per heavy atom. The van der Waals surface area contributed by atoms with Crippen molar-refractivity contribution in [2.45, 2.75) is 105 Å². The van der Waals surface area contributed by atoms with Gasteiger partial charge in [0.15, 0.2) is 0 Å². The van der Waals surface area contributed by atoms with E-state index in [0.717, 1.165) is 5.57 Å². The third kappa shape index (κ3) is 6.28. The van der Waals surface area contributed by atoms with Gasteiger partial charge in [0.2, 0.25) is 12.6 Å². The van der Waals surface area contributed by atoms with Gasteiger partial charge >= 0.3 is 23.9 Å². The lowest BCUT2D eigenvalue weighted by Gasteiger charge is -2.62. The summed E-state index contributed by atoms with van der Waals surface area (Å²) in [5.41, 5.74) is -1.08. The van der Waals surface area contributed by atoms with Crippen molar-refractivity contribution >= 4 is 23.9 Å². The molecule has 228 valence electrons. The van der Waals surface area contributed by atoms with Gasteiger partial charge in [-0.1, -0.05) is 52.5 Å². The van der Waals surface area contributed by atoms with Crippen LogP contribution in [0.1, 0.15) is 74.1 Å². The van der Waals surface area contributed by atoms with Crippen molar-refractivity contribution in [3.05, 3.63) is 36.5 Å². The van der Waals surface area contributed by atoms with Crippen LogP contribution in [0.2, 0.25) is 0 Å². The summed E-state index contributed by atoms with van der Waals surface area (Å²) >= 11 is 0. The van der Waals surface area contributed by atoms with Gasteiger partial charge < -0.3 is 24.1 Å². The van der Waals surface area contributed by atoms with Gasteiger partial charge in [0, 0.05) is 38.7 Å². The molecule has 1 spiro atoms. The number of rotatable bonds is 10. The summed E-state index contributed by atoms with van der Waals surface area (Å²) in [6, 6.07) is 0. The van der Waals surface area contributed by atoms with E-state index in [4.69, 9.17) is 23.7 Å². The maximum Gasteiger partial charge on any atom is 0.306 e. The van der Waals surface area contributed by atoms with Crippen LogP contribution in [0, 0.1) is 28.6 Å². The number of carbonyl (C=O) groups excluding carboxylic acids is 4. The van der Waals surface area contributed by atoms with Crippen LogP contribution in [0.25, 0.3) is 0 Å². The largest absolute Gasteiger partial charge is 0.459 e. The zero-order chi connectivity index (χ0) is 30.9. The van der Waals surface area contributed by atoms with Crippen molar-refractivity contribution in [1.82, 2.24) is 0 Å². The van der Waals surface area contributed by atoms with Crippen LogP contribution in [0.15, 0.2) is 36.5 Å². The van der Waals surface area contributed by atoms with Crippen molar-refractivity contribution in [3.63, 3.8) is 0 Å². The highest BCUT2D eigenvalue weighted by Gasteiger charge is 2.74. The Labute approximate surface area is 242 Å². The first-order valence-electron chi connectivity index (χ1n) is 14.1. The van der Waals surface area contributed by atoms with E-state index in [0.29, 0.717) is 18.4 Å². The molecular weight excluding hydrogens is 532 g/mol. The average molecular weight is 577 g/mol. The average Bonchev–Trinajstić information content (AvgIpc) is 3.14. The minimum atomic E-state index is -1.48. The fourth-order valence-corrected chi connectivity index (χ4v) is 6.93. The van der Waals surface area contributed by atoms with E-state index in [1.165, 1.54) is 20.8 Å². The molecule has 0 bridgehead atoms. The lowest BCUT2D eigenvalue weighted by molar-refractivity contribution is -0.276. The Bertz CT molecular complexity index is 1110. The molecule has 1 N–H and O–H groups in total. The molecule has 0 unspecified atom stereocenters. The standard InChI is InChI=1S/C31H44O10/c1-10-17(4)11-12-30(9)18(5)26(37-19(6)32)27(36)31-23(28(38-20(7)33)41-29(31)39-21(8)34)14-22(15-24(30)31)40-25(35)13-16(2)3/h10,14,16,18,22,24,26-29,36H,1,4,11-13,15H2,2-3,5-9H3/t18-,22+,24+,26+,27+,28+,29-,30-,31+/m0/s1. The summed E-state index contributed by atoms with van der Waals surface area (Å²) in [5.74, 6) is -3.17. The number of esters is 4. The van der Waals surface area contributed by atoms with Gasteiger partial charge in [-0.2, -0.15) is 0 Å². The van der Waals surface area contributed by atoms with E-state index in [1.807, 2.05) is 27.7 Å². The number of hydrogen-bond donors (Lipinski definition) is 1. The summed E-state index contributed by atoms with van der Waals surface area (Å²) in [7, 11) is 0. The van der Waals surface area contributed by atoms with Crippen molar-refractivity contribution in [1.29, 1.82) is 0 Å². The van der Waals surface area contributed by atoms with Crippen LogP contribution < -0.4 is 0 Å². The summed E-state index contributed by atoms with van der Waals surface area (Å²) < 4.78 is 28.9. The predicted molar refractivity (Wildman–Crippen MR) is 148 cm³/mol. The molecule has 10 heteroatoms. The maximum atomic E-state index is 12.8. The molecule has 0 aromatic heterocycles. The summed E-state index contributed by atoms with van der Waals surface area (Å²) in [6.07, 6.45) is -1.05. The normalized spacial score (nSPS) is 35.8. The first-order chi connectivity index (χ1) is 19.1. The molecule has 0 aromatic carbocycles. The fourth-order valence-electron chi connectivity index (χ4n) is 6.93. The number of hydrogen-bond acceptors (Lipinski definition) is 10. The summed E-state index contributed by atoms with van der Waals surface area (Å²) in [5, 5.41) is 12.2. The van der Waals surface area contributed by atoms with Gasteiger partial charge in [-0.05, 0) is 42.6 Å². The molecule has 0 aromatic rings. The number of aliphatic hydroxyl groups is 1. The Hall–Kier alpha value is -2.98. The molecule has 41 heavy (non-hydrogen) atoms. The molecule has 1 heterocycles. The van der Waals surface area contributed by atoms with Gasteiger partial charge in [0.25, 0.3) is 0 Å². The topological polar surface area (TPSA) is 135 Å². The third-order valence-corrected chi connectivity index (χ3v) is 8.91. The Balaban J connectivity index is 2.29. The molecule has 1 aliphatic heterocycles. The molecule has 1 saturated carbocycles. The third-order valence-electron chi connectivity index (χ3n) is 8.91. The second-order valence-corrected chi connectivity index (χ2v) is 12.2. The smallest absolute Gasteiger partial charge is 0.306 e. The Morgan fingerprint density at radius 1 is 1.10 bits per heavy atom. The van der Waals surface area contributed by atoms with Gasteiger partial charge in [-0.25, -0.2) is 0 Å². The highest BCUT2D eigenvalue weighted by Crippen LogP contribution is 2.67. The first kappa shape index (κ1) is 32.5. The van der Waals surface area contributed by atoms with E-state index in [-0.39, 0.29) is 18.8 Å². The minimum absolute atomic E-state index is 0.0750. The molecule has 2 aliphatic carbocycles. The maximum absolute atomic E-state index is 12.8. The molecule has 3 rings (SSSR count).